The maximum atomic E-state index is 12.5. The van der Waals surface area contributed by atoms with Gasteiger partial charge in [0.2, 0.25) is 0 Å². The zero-order valence-electron chi connectivity index (χ0n) is 13.6. The number of carbonyl (C=O) groups is 1. The molecule has 122 valence electrons. The normalized spacial score (nSPS) is 11.5. The summed E-state index contributed by atoms with van der Waals surface area (Å²) in [6.45, 7) is 3.92. The van der Waals surface area contributed by atoms with E-state index < -0.39 is 5.54 Å². The van der Waals surface area contributed by atoms with E-state index in [0.29, 0.717) is 22.7 Å². The van der Waals surface area contributed by atoms with Crippen molar-refractivity contribution in [2.24, 2.45) is 0 Å². The van der Waals surface area contributed by atoms with Crippen LogP contribution < -0.4 is 5.32 Å². The zero-order valence-corrected chi connectivity index (χ0v) is 14.3. The number of hydrogen-bond acceptors (Lipinski definition) is 3. The number of benzene rings is 2. The number of hydrogen-bond donors (Lipinski definition) is 1. The van der Waals surface area contributed by atoms with E-state index in [9.17, 15) is 4.79 Å². The van der Waals surface area contributed by atoms with Crippen molar-refractivity contribution in [2.45, 2.75) is 25.8 Å². The number of nitrogens with one attached hydrogen (secondary N) is 1. The monoisotopic (exact) mass is 339 g/mol. The Morgan fingerprint density at radius 3 is 2.50 bits per heavy atom. The number of aromatic nitrogens is 2. The maximum absolute atomic E-state index is 12.5. The first kappa shape index (κ1) is 16.4. The number of carbonyl (C=O) groups excluding carboxylic acids is 1. The van der Waals surface area contributed by atoms with Gasteiger partial charge in [0, 0.05) is 10.6 Å². The second-order valence-electron chi connectivity index (χ2n) is 6.35. The van der Waals surface area contributed by atoms with Gasteiger partial charge in [-0.15, -0.1) is 0 Å². The largest absolute Gasteiger partial charge is 0.345 e. The van der Waals surface area contributed by atoms with Crippen LogP contribution in [0.2, 0.25) is 5.02 Å². The van der Waals surface area contributed by atoms with Crippen LogP contribution in [-0.4, -0.2) is 21.4 Å². The third kappa shape index (κ3) is 3.71. The van der Waals surface area contributed by atoms with Gasteiger partial charge in [-0.2, -0.15) is 0 Å². The van der Waals surface area contributed by atoms with Crippen molar-refractivity contribution in [3.8, 4) is 0 Å². The number of para-hydroxylation sites is 2. The molecule has 0 aliphatic carbocycles. The van der Waals surface area contributed by atoms with Crippen LogP contribution in [0.1, 0.15) is 29.9 Å². The van der Waals surface area contributed by atoms with Crippen LogP contribution in [0.5, 0.6) is 0 Å². The lowest BCUT2D eigenvalue weighted by Crippen LogP contribution is -2.45. The van der Waals surface area contributed by atoms with Crippen LogP contribution in [0.25, 0.3) is 11.0 Å². The van der Waals surface area contributed by atoms with E-state index >= 15 is 0 Å². The quantitative estimate of drug-likeness (QED) is 0.780. The minimum Gasteiger partial charge on any atom is -0.345 e. The molecule has 1 heterocycles. The van der Waals surface area contributed by atoms with Crippen LogP contribution in [0.15, 0.2) is 54.7 Å². The van der Waals surface area contributed by atoms with Gasteiger partial charge in [0.1, 0.15) is 5.69 Å². The van der Waals surface area contributed by atoms with E-state index in [1.54, 1.807) is 0 Å². The third-order valence-electron chi connectivity index (χ3n) is 3.72. The molecule has 0 saturated carbocycles. The summed E-state index contributed by atoms with van der Waals surface area (Å²) in [7, 11) is 0. The molecule has 4 nitrogen and oxygen atoms in total. The molecule has 5 heteroatoms. The first-order valence-electron chi connectivity index (χ1n) is 7.72. The van der Waals surface area contributed by atoms with Gasteiger partial charge < -0.3 is 5.32 Å². The summed E-state index contributed by atoms with van der Waals surface area (Å²) in [5.41, 5.74) is 2.31. The van der Waals surface area contributed by atoms with Crippen molar-refractivity contribution in [3.63, 3.8) is 0 Å². The predicted octanol–water partition coefficient (Wildman–Crippen LogP) is 4.03. The molecule has 0 aliphatic heterocycles. The van der Waals surface area contributed by atoms with E-state index in [2.05, 4.69) is 15.3 Å². The highest BCUT2D eigenvalue weighted by atomic mass is 35.5. The number of rotatable bonds is 4. The van der Waals surface area contributed by atoms with E-state index in [4.69, 9.17) is 11.6 Å². The van der Waals surface area contributed by atoms with Crippen molar-refractivity contribution in [1.29, 1.82) is 0 Å². The summed E-state index contributed by atoms with van der Waals surface area (Å²) >= 11 is 6.21. The van der Waals surface area contributed by atoms with Gasteiger partial charge in [0.25, 0.3) is 5.91 Å². The van der Waals surface area contributed by atoms with Crippen molar-refractivity contribution in [1.82, 2.24) is 15.3 Å². The van der Waals surface area contributed by atoms with Crippen LogP contribution >= 0.6 is 11.6 Å². The predicted molar refractivity (Wildman–Crippen MR) is 96.2 cm³/mol. The number of nitrogens with zero attached hydrogens (tertiary/aromatic N) is 2. The van der Waals surface area contributed by atoms with Crippen LogP contribution in [0.4, 0.5) is 0 Å². The molecule has 2 aromatic carbocycles. The molecule has 1 aromatic heterocycles. The van der Waals surface area contributed by atoms with E-state index in [1.807, 2.05) is 62.4 Å². The average molecular weight is 340 g/mol. The molecule has 3 rings (SSSR count). The standard InChI is InChI=1S/C19H18ClN3O/c1-19(2,11-13-7-3-4-8-14(13)20)23-18(24)17-12-21-15-9-5-6-10-16(15)22-17/h3-10,12H,11H2,1-2H3,(H,23,24). The number of amides is 1. The minimum absolute atomic E-state index is 0.245. The van der Waals surface area contributed by atoms with Gasteiger partial charge >= 0.3 is 0 Å². The minimum atomic E-state index is -0.463. The van der Waals surface area contributed by atoms with Gasteiger partial charge in [-0.1, -0.05) is 41.9 Å². The molecule has 0 fully saturated rings. The summed E-state index contributed by atoms with van der Waals surface area (Å²) in [5, 5.41) is 3.71. The molecule has 24 heavy (non-hydrogen) atoms. The molecule has 0 spiro atoms. The van der Waals surface area contributed by atoms with Gasteiger partial charge in [0.15, 0.2) is 0 Å². The van der Waals surface area contributed by atoms with E-state index in [-0.39, 0.29) is 5.91 Å². The first-order chi connectivity index (χ1) is 11.4. The highest BCUT2D eigenvalue weighted by Crippen LogP contribution is 2.21. The summed E-state index contributed by atoms with van der Waals surface area (Å²) in [6.07, 6.45) is 2.13. The van der Waals surface area contributed by atoms with E-state index in [1.165, 1.54) is 6.20 Å². The summed E-state index contributed by atoms with van der Waals surface area (Å²) < 4.78 is 0. The summed E-state index contributed by atoms with van der Waals surface area (Å²) in [6, 6.07) is 15.1. The van der Waals surface area contributed by atoms with Gasteiger partial charge in [0.05, 0.1) is 17.2 Å². The lowest BCUT2D eigenvalue weighted by Gasteiger charge is -2.26. The van der Waals surface area contributed by atoms with Crippen molar-refractivity contribution < 1.29 is 4.79 Å². The topological polar surface area (TPSA) is 54.9 Å². The Bertz CT molecular complexity index is 892. The fourth-order valence-electron chi connectivity index (χ4n) is 2.60. The number of halogens is 1. The van der Waals surface area contributed by atoms with E-state index in [0.717, 1.165) is 11.1 Å². The molecule has 1 amide bonds. The fourth-order valence-corrected chi connectivity index (χ4v) is 2.80. The second kappa shape index (κ2) is 6.57. The Hall–Kier alpha value is -2.46. The molecular formula is C19H18ClN3O. The molecule has 0 unspecified atom stereocenters. The Labute approximate surface area is 145 Å². The molecule has 0 aliphatic rings. The van der Waals surface area contributed by atoms with Crippen LogP contribution in [0, 0.1) is 0 Å². The first-order valence-corrected chi connectivity index (χ1v) is 8.10. The average Bonchev–Trinajstić information content (AvgIpc) is 2.56. The second-order valence-corrected chi connectivity index (χ2v) is 6.76. The molecule has 0 radical (unpaired) electrons. The van der Waals surface area contributed by atoms with Gasteiger partial charge in [-0.25, -0.2) is 4.98 Å². The summed E-state index contributed by atoms with van der Waals surface area (Å²) in [4.78, 5) is 21.2. The Kier molecular flexibility index (Phi) is 4.49. The van der Waals surface area contributed by atoms with Crippen LogP contribution in [-0.2, 0) is 6.42 Å². The maximum Gasteiger partial charge on any atom is 0.271 e. The molecule has 0 bridgehead atoms. The van der Waals surface area contributed by atoms with Gasteiger partial charge in [-0.05, 0) is 44.0 Å². The SMILES string of the molecule is CC(C)(Cc1ccccc1Cl)NC(=O)c1cnc2ccccc2n1. The Balaban J connectivity index is 1.78. The molecule has 0 saturated heterocycles. The Morgan fingerprint density at radius 2 is 1.75 bits per heavy atom. The highest BCUT2D eigenvalue weighted by Gasteiger charge is 2.23. The van der Waals surface area contributed by atoms with Gasteiger partial charge in [-0.3, -0.25) is 9.78 Å². The summed E-state index contributed by atoms with van der Waals surface area (Å²) in [5.74, 6) is -0.245. The van der Waals surface area contributed by atoms with Crippen molar-refractivity contribution in [3.05, 3.63) is 71.0 Å². The van der Waals surface area contributed by atoms with Crippen molar-refractivity contribution >= 4 is 28.5 Å². The molecule has 1 N–H and O–H groups in total. The Morgan fingerprint density at radius 1 is 1.08 bits per heavy atom. The smallest absolute Gasteiger partial charge is 0.271 e. The zero-order chi connectivity index (χ0) is 17.2. The van der Waals surface area contributed by atoms with Crippen molar-refractivity contribution in [2.75, 3.05) is 0 Å². The number of fused-ring (bicyclic) bond motifs is 1. The third-order valence-corrected chi connectivity index (χ3v) is 4.09. The molecular weight excluding hydrogens is 322 g/mol. The highest BCUT2D eigenvalue weighted by molar-refractivity contribution is 6.31. The lowest BCUT2D eigenvalue weighted by molar-refractivity contribution is 0.0908. The van der Waals surface area contributed by atoms with Crippen LogP contribution in [0.3, 0.4) is 0 Å². The molecule has 0 atom stereocenters. The lowest BCUT2D eigenvalue weighted by atomic mass is 9.94. The molecule has 3 aromatic rings. The fraction of sp³-hybridized carbons (Fsp3) is 0.211.